The van der Waals surface area contributed by atoms with Crippen molar-refractivity contribution in [1.82, 2.24) is 9.97 Å². The summed E-state index contributed by atoms with van der Waals surface area (Å²) < 4.78 is 10.7. The highest BCUT2D eigenvalue weighted by Crippen LogP contribution is 2.29. The average molecular weight is 342 g/mol. The van der Waals surface area contributed by atoms with Gasteiger partial charge in [0.15, 0.2) is 17.2 Å². The van der Waals surface area contributed by atoms with E-state index in [-0.39, 0.29) is 11.3 Å². The molecule has 3 aromatic rings. The molecule has 0 spiro atoms. The average Bonchev–Trinajstić information content (AvgIpc) is 2.71. The zero-order valence-corrected chi connectivity index (χ0v) is 14.2. The molecule has 0 N–H and O–H groups in total. The quantitative estimate of drug-likeness (QED) is 0.530. The fraction of sp³-hybridized carbons (Fsp3) is 0.100. The maximum Gasteiger partial charge on any atom is 0.224 e. The Morgan fingerprint density at radius 2 is 1.69 bits per heavy atom. The van der Waals surface area contributed by atoms with Crippen molar-refractivity contribution in [3.8, 4) is 29.4 Å². The van der Waals surface area contributed by atoms with Gasteiger partial charge in [-0.05, 0) is 12.1 Å². The molecule has 0 amide bonds. The summed E-state index contributed by atoms with van der Waals surface area (Å²) in [4.78, 5) is 9.08. The van der Waals surface area contributed by atoms with Crippen molar-refractivity contribution in [2.24, 2.45) is 0 Å². The standard InChI is InChI=1S/C20H14N4O2/c1-25-18(15(11-21)12-22)14-8-9-16-17(10-14)23-19(24-20(16)26-2)13-6-4-3-5-7-13/h3-10H,1-2H3. The van der Waals surface area contributed by atoms with E-state index in [9.17, 15) is 0 Å². The second kappa shape index (κ2) is 7.33. The zero-order valence-electron chi connectivity index (χ0n) is 14.2. The van der Waals surface area contributed by atoms with E-state index in [0.29, 0.717) is 22.8 Å². The van der Waals surface area contributed by atoms with Gasteiger partial charge in [-0.2, -0.15) is 15.5 Å². The number of allylic oxidation sites excluding steroid dienone is 1. The summed E-state index contributed by atoms with van der Waals surface area (Å²) >= 11 is 0. The Morgan fingerprint density at radius 1 is 0.962 bits per heavy atom. The summed E-state index contributed by atoms with van der Waals surface area (Å²) in [6.45, 7) is 0. The van der Waals surface area contributed by atoms with Crippen LogP contribution in [0.4, 0.5) is 0 Å². The first-order valence-electron chi connectivity index (χ1n) is 7.72. The molecule has 2 aromatic carbocycles. The highest BCUT2D eigenvalue weighted by atomic mass is 16.5. The first-order valence-corrected chi connectivity index (χ1v) is 7.72. The van der Waals surface area contributed by atoms with Gasteiger partial charge in [0.1, 0.15) is 12.1 Å². The third kappa shape index (κ3) is 3.04. The van der Waals surface area contributed by atoms with Crippen LogP contribution in [0.5, 0.6) is 5.88 Å². The molecular weight excluding hydrogens is 328 g/mol. The predicted octanol–water partition coefficient (Wildman–Crippen LogP) is 3.71. The Labute approximate surface area is 150 Å². The lowest BCUT2D eigenvalue weighted by molar-refractivity contribution is 0.369. The van der Waals surface area contributed by atoms with Gasteiger partial charge in [0, 0.05) is 11.1 Å². The molecular formula is C20H14N4O2. The van der Waals surface area contributed by atoms with Crippen LogP contribution >= 0.6 is 0 Å². The van der Waals surface area contributed by atoms with E-state index in [1.54, 1.807) is 25.3 Å². The second-order valence-corrected chi connectivity index (χ2v) is 5.29. The van der Waals surface area contributed by atoms with E-state index in [2.05, 4.69) is 9.97 Å². The zero-order chi connectivity index (χ0) is 18.5. The number of nitrogens with zero attached hydrogens (tertiary/aromatic N) is 4. The topological polar surface area (TPSA) is 91.8 Å². The van der Waals surface area contributed by atoms with E-state index in [1.807, 2.05) is 42.5 Å². The van der Waals surface area contributed by atoms with Gasteiger partial charge in [-0.15, -0.1) is 0 Å². The largest absolute Gasteiger partial charge is 0.494 e. The van der Waals surface area contributed by atoms with Crippen LogP contribution in [-0.4, -0.2) is 24.2 Å². The van der Waals surface area contributed by atoms with Crippen LogP contribution in [0.25, 0.3) is 28.0 Å². The van der Waals surface area contributed by atoms with Gasteiger partial charge < -0.3 is 9.47 Å². The third-order valence-corrected chi connectivity index (χ3v) is 3.80. The Kier molecular flexibility index (Phi) is 4.78. The molecule has 0 saturated carbocycles. The van der Waals surface area contributed by atoms with Crippen LogP contribution in [0.3, 0.4) is 0 Å². The van der Waals surface area contributed by atoms with Crippen molar-refractivity contribution >= 4 is 16.7 Å². The first kappa shape index (κ1) is 16.9. The summed E-state index contributed by atoms with van der Waals surface area (Å²) in [5.74, 6) is 1.18. The highest BCUT2D eigenvalue weighted by molar-refractivity contribution is 5.88. The van der Waals surface area contributed by atoms with E-state index in [1.165, 1.54) is 7.11 Å². The molecule has 6 nitrogen and oxygen atoms in total. The van der Waals surface area contributed by atoms with Gasteiger partial charge in [-0.25, -0.2) is 4.98 Å². The molecule has 1 heterocycles. The van der Waals surface area contributed by atoms with Crippen LogP contribution in [-0.2, 0) is 4.74 Å². The number of aromatic nitrogens is 2. The molecule has 0 radical (unpaired) electrons. The SMILES string of the molecule is COC(=C(C#N)C#N)c1ccc2c(OC)nc(-c3ccccc3)nc2c1. The lowest BCUT2D eigenvalue weighted by Gasteiger charge is -2.10. The van der Waals surface area contributed by atoms with Crippen LogP contribution in [0, 0.1) is 22.7 Å². The fourth-order valence-electron chi connectivity index (χ4n) is 2.60. The van der Waals surface area contributed by atoms with Crippen molar-refractivity contribution < 1.29 is 9.47 Å². The van der Waals surface area contributed by atoms with Crippen molar-refractivity contribution in [3.63, 3.8) is 0 Å². The summed E-state index contributed by atoms with van der Waals surface area (Å²) in [5, 5.41) is 19.0. The molecule has 0 unspecified atom stereocenters. The van der Waals surface area contributed by atoms with E-state index >= 15 is 0 Å². The molecule has 0 saturated heterocycles. The highest BCUT2D eigenvalue weighted by Gasteiger charge is 2.14. The number of methoxy groups -OCH3 is 2. The summed E-state index contributed by atoms with van der Waals surface area (Å²) in [6.07, 6.45) is 0. The summed E-state index contributed by atoms with van der Waals surface area (Å²) in [5.41, 5.74) is 1.96. The van der Waals surface area contributed by atoms with Crippen molar-refractivity contribution in [3.05, 3.63) is 59.7 Å². The van der Waals surface area contributed by atoms with Crippen LogP contribution in [0.2, 0.25) is 0 Å². The number of ether oxygens (including phenoxy) is 2. The van der Waals surface area contributed by atoms with Gasteiger partial charge >= 0.3 is 0 Å². The Bertz CT molecular complexity index is 1060. The van der Waals surface area contributed by atoms with E-state index < -0.39 is 0 Å². The van der Waals surface area contributed by atoms with Gasteiger partial charge in [0.2, 0.25) is 5.88 Å². The van der Waals surface area contributed by atoms with Gasteiger partial charge in [0.05, 0.1) is 25.1 Å². The number of fused-ring (bicyclic) bond motifs is 1. The van der Waals surface area contributed by atoms with Gasteiger partial charge in [-0.3, -0.25) is 0 Å². The van der Waals surface area contributed by atoms with Crippen LogP contribution in [0.15, 0.2) is 54.1 Å². The number of hydrogen-bond acceptors (Lipinski definition) is 6. The first-order chi connectivity index (χ1) is 12.7. The smallest absolute Gasteiger partial charge is 0.224 e. The minimum absolute atomic E-state index is 0.101. The van der Waals surface area contributed by atoms with E-state index in [4.69, 9.17) is 20.0 Å². The molecule has 126 valence electrons. The molecule has 0 aliphatic carbocycles. The number of hydrogen-bond donors (Lipinski definition) is 0. The van der Waals surface area contributed by atoms with Crippen molar-refractivity contribution in [2.75, 3.05) is 14.2 Å². The third-order valence-electron chi connectivity index (χ3n) is 3.80. The minimum atomic E-state index is -0.101. The molecule has 0 bridgehead atoms. The van der Waals surface area contributed by atoms with Gasteiger partial charge in [0.25, 0.3) is 0 Å². The number of rotatable bonds is 4. The normalized spacial score (nSPS) is 9.85. The van der Waals surface area contributed by atoms with Crippen LogP contribution in [0.1, 0.15) is 5.56 Å². The number of benzene rings is 2. The summed E-state index contributed by atoms with van der Waals surface area (Å²) in [6, 6.07) is 18.5. The van der Waals surface area contributed by atoms with Gasteiger partial charge in [-0.1, -0.05) is 36.4 Å². The minimum Gasteiger partial charge on any atom is -0.494 e. The van der Waals surface area contributed by atoms with Crippen molar-refractivity contribution in [2.45, 2.75) is 0 Å². The van der Waals surface area contributed by atoms with Crippen molar-refractivity contribution in [1.29, 1.82) is 10.5 Å². The molecule has 1 aromatic heterocycles. The molecule has 0 aliphatic rings. The summed E-state index contributed by atoms with van der Waals surface area (Å²) in [7, 11) is 2.97. The lowest BCUT2D eigenvalue weighted by Crippen LogP contribution is -1.98. The molecule has 0 fully saturated rings. The lowest BCUT2D eigenvalue weighted by atomic mass is 10.1. The fourth-order valence-corrected chi connectivity index (χ4v) is 2.60. The molecule has 0 atom stereocenters. The Hall–Kier alpha value is -3.90. The van der Waals surface area contributed by atoms with Crippen LogP contribution < -0.4 is 4.74 Å². The Morgan fingerprint density at radius 3 is 2.31 bits per heavy atom. The second-order valence-electron chi connectivity index (χ2n) is 5.29. The Balaban J connectivity index is 2.25. The van der Waals surface area contributed by atoms with E-state index in [0.717, 1.165) is 10.9 Å². The molecule has 0 aliphatic heterocycles. The molecule has 3 rings (SSSR count). The number of nitriles is 2. The maximum atomic E-state index is 9.12. The maximum absolute atomic E-state index is 9.12. The molecule has 6 heteroatoms. The molecule has 26 heavy (non-hydrogen) atoms. The monoisotopic (exact) mass is 342 g/mol. The predicted molar refractivity (Wildman–Crippen MR) is 96.7 cm³/mol.